The number of hydrogen-bond acceptors (Lipinski definition) is 8. The van der Waals surface area contributed by atoms with Crippen LogP contribution in [0.15, 0.2) is 21.9 Å². The molecule has 2 N–H and O–H groups in total. The molecular weight excluding hydrogens is 312 g/mol. The lowest BCUT2D eigenvalue weighted by Crippen LogP contribution is -2.48. The Kier molecular flexibility index (Phi) is 4.66. The van der Waals surface area contributed by atoms with E-state index in [9.17, 15) is 24.3 Å². The van der Waals surface area contributed by atoms with Gasteiger partial charge in [0.1, 0.15) is 12.3 Å². The molecule has 2 atom stereocenters. The van der Waals surface area contributed by atoms with E-state index in [1.54, 1.807) is 0 Å². The summed E-state index contributed by atoms with van der Waals surface area (Å²) >= 11 is 0. The third kappa shape index (κ3) is 2.66. The summed E-state index contributed by atoms with van der Waals surface area (Å²) < 4.78 is 15.8. The van der Waals surface area contributed by atoms with Gasteiger partial charge < -0.3 is 19.3 Å². The molecule has 1 aliphatic heterocycles. The van der Waals surface area contributed by atoms with Gasteiger partial charge in [-0.15, -0.1) is 0 Å². The second-order valence-electron chi connectivity index (χ2n) is 4.94. The zero-order chi connectivity index (χ0) is 17.2. The molecule has 23 heavy (non-hydrogen) atoms. The normalized spacial score (nSPS) is 22.6. The molecule has 2 heterocycles. The van der Waals surface area contributed by atoms with Crippen molar-refractivity contribution >= 4 is 11.9 Å². The number of nitrogens with one attached hydrogen (secondary N) is 1. The number of methoxy groups -OCH3 is 2. The van der Waals surface area contributed by atoms with Gasteiger partial charge in [-0.2, -0.15) is 0 Å². The molecule has 0 spiro atoms. The fourth-order valence-electron chi connectivity index (χ4n) is 2.65. The molecule has 0 aromatic carbocycles. The van der Waals surface area contributed by atoms with Crippen LogP contribution < -0.4 is 11.2 Å². The number of aromatic nitrogens is 2. The van der Waals surface area contributed by atoms with Crippen LogP contribution in [0, 0.1) is 5.41 Å². The van der Waals surface area contributed by atoms with Crippen LogP contribution in [0.3, 0.4) is 0 Å². The van der Waals surface area contributed by atoms with E-state index in [0.29, 0.717) is 0 Å². The fourth-order valence-corrected chi connectivity index (χ4v) is 2.65. The van der Waals surface area contributed by atoms with Crippen molar-refractivity contribution in [1.29, 1.82) is 0 Å². The third-order valence-corrected chi connectivity index (χ3v) is 3.79. The zero-order valence-corrected chi connectivity index (χ0v) is 12.5. The van der Waals surface area contributed by atoms with Gasteiger partial charge in [0.25, 0.3) is 5.56 Å². The molecule has 1 aromatic rings. The average Bonchev–Trinajstić information content (AvgIpc) is 2.93. The Hall–Kier alpha value is -2.46. The molecule has 10 nitrogen and oxygen atoms in total. The van der Waals surface area contributed by atoms with Crippen molar-refractivity contribution in [2.24, 2.45) is 5.41 Å². The van der Waals surface area contributed by atoms with Gasteiger partial charge in [0.2, 0.25) is 0 Å². The first-order chi connectivity index (χ1) is 10.9. The number of H-pyrrole nitrogens is 1. The fraction of sp³-hybridized carbons (Fsp3) is 0.538. The van der Waals surface area contributed by atoms with Crippen LogP contribution in [0.5, 0.6) is 0 Å². The zero-order valence-electron chi connectivity index (χ0n) is 12.5. The van der Waals surface area contributed by atoms with Crippen LogP contribution in [0.4, 0.5) is 0 Å². The van der Waals surface area contributed by atoms with Crippen LogP contribution in [-0.4, -0.2) is 53.5 Å². The smallest absolute Gasteiger partial charge is 0.330 e. The molecule has 0 radical (unpaired) electrons. The summed E-state index contributed by atoms with van der Waals surface area (Å²) in [6, 6.07) is 1.09. The van der Waals surface area contributed by atoms with E-state index < -0.39 is 47.5 Å². The van der Waals surface area contributed by atoms with Crippen molar-refractivity contribution in [3.63, 3.8) is 0 Å². The maximum atomic E-state index is 12.2. The molecular formula is C13H16N2O8. The topological polar surface area (TPSA) is 137 Å². The number of rotatable bonds is 4. The number of ether oxygens (including phenoxy) is 3. The predicted octanol–water partition coefficient (Wildman–Crippen LogP) is -1.85. The van der Waals surface area contributed by atoms with Crippen LogP contribution in [0.1, 0.15) is 12.6 Å². The lowest BCUT2D eigenvalue weighted by Gasteiger charge is -2.26. The summed E-state index contributed by atoms with van der Waals surface area (Å²) in [7, 11) is 2.17. The molecule has 0 amide bonds. The standard InChI is InChI=1S/C13H16N2O8/c1-21-10(18)13(11(19)22-2)5-9(23-7(13)6-16)15-4-3-8(17)14-12(15)20/h3-4,7,9,16H,5-6H2,1-2H3,(H,14,17,20)/t7-,9+/m1/s1. The summed E-state index contributed by atoms with van der Waals surface area (Å²) in [5, 5.41) is 9.48. The van der Waals surface area contributed by atoms with Gasteiger partial charge >= 0.3 is 17.6 Å². The van der Waals surface area contributed by atoms with E-state index in [1.807, 2.05) is 4.98 Å². The summed E-state index contributed by atoms with van der Waals surface area (Å²) in [4.78, 5) is 49.3. The van der Waals surface area contributed by atoms with Crippen LogP contribution in [-0.2, 0) is 23.8 Å². The lowest BCUT2D eigenvalue weighted by atomic mass is 9.80. The number of nitrogens with zero attached hydrogens (tertiary/aromatic N) is 1. The van der Waals surface area contributed by atoms with Crippen LogP contribution in [0.25, 0.3) is 0 Å². The first-order valence-electron chi connectivity index (χ1n) is 6.65. The number of carbonyl (C=O) groups excluding carboxylic acids is 2. The molecule has 1 aromatic heterocycles. The number of carbonyl (C=O) groups is 2. The molecule has 1 fully saturated rings. The summed E-state index contributed by atoms with van der Waals surface area (Å²) in [5.74, 6) is -1.88. The first kappa shape index (κ1) is 16.9. The Morgan fingerprint density at radius 2 is 2.00 bits per heavy atom. The molecule has 2 rings (SSSR count). The highest BCUT2D eigenvalue weighted by Crippen LogP contribution is 2.44. The molecule has 126 valence electrons. The number of hydrogen-bond donors (Lipinski definition) is 2. The van der Waals surface area contributed by atoms with Gasteiger partial charge in [-0.3, -0.25) is 23.9 Å². The molecule has 0 unspecified atom stereocenters. The number of aliphatic hydroxyl groups is 1. The Morgan fingerprint density at radius 3 is 2.48 bits per heavy atom. The maximum Gasteiger partial charge on any atom is 0.330 e. The predicted molar refractivity (Wildman–Crippen MR) is 73.4 cm³/mol. The van der Waals surface area contributed by atoms with Crippen molar-refractivity contribution in [3.8, 4) is 0 Å². The Bertz CT molecular complexity index is 705. The van der Waals surface area contributed by atoms with Crippen molar-refractivity contribution < 1.29 is 28.9 Å². The van der Waals surface area contributed by atoms with E-state index in [1.165, 1.54) is 6.20 Å². The Morgan fingerprint density at radius 1 is 1.39 bits per heavy atom. The van der Waals surface area contributed by atoms with Crippen molar-refractivity contribution in [2.45, 2.75) is 18.8 Å². The second kappa shape index (κ2) is 6.34. The number of esters is 2. The number of aliphatic hydroxyl groups excluding tert-OH is 1. The van der Waals surface area contributed by atoms with Gasteiger partial charge in [0.05, 0.1) is 20.8 Å². The van der Waals surface area contributed by atoms with Crippen molar-refractivity contribution in [1.82, 2.24) is 9.55 Å². The van der Waals surface area contributed by atoms with E-state index in [2.05, 4.69) is 9.47 Å². The van der Waals surface area contributed by atoms with E-state index >= 15 is 0 Å². The molecule has 0 bridgehead atoms. The van der Waals surface area contributed by atoms with Crippen molar-refractivity contribution in [3.05, 3.63) is 33.1 Å². The number of aromatic amines is 1. The second-order valence-corrected chi connectivity index (χ2v) is 4.94. The lowest BCUT2D eigenvalue weighted by molar-refractivity contribution is -0.175. The molecule has 0 saturated carbocycles. The van der Waals surface area contributed by atoms with Gasteiger partial charge in [-0.25, -0.2) is 4.79 Å². The molecule has 1 saturated heterocycles. The average molecular weight is 328 g/mol. The minimum Gasteiger partial charge on any atom is -0.468 e. The Labute approximate surface area is 129 Å². The highest BCUT2D eigenvalue weighted by atomic mass is 16.6. The minimum atomic E-state index is -1.90. The van der Waals surface area contributed by atoms with Crippen molar-refractivity contribution in [2.75, 3.05) is 20.8 Å². The van der Waals surface area contributed by atoms with E-state index in [0.717, 1.165) is 24.9 Å². The SMILES string of the molecule is COC(=O)C1(C(=O)OC)C[C@@H](n2ccc(=O)[nH]c2=O)O[C@@H]1CO. The maximum absolute atomic E-state index is 12.2. The summed E-state index contributed by atoms with van der Waals surface area (Å²) in [6.07, 6.45) is -1.44. The first-order valence-corrected chi connectivity index (χ1v) is 6.65. The summed E-state index contributed by atoms with van der Waals surface area (Å²) in [5.41, 5.74) is -3.28. The van der Waals surface area contributed by atoms with Gasteiger partial charge in [0, 0.05) is 18.7 Å². The Balaban J connectivity index is 2.49. The van der Waals surface area contributed by atoms with E-state index in [-0.39, 0.29) is 6.42 Å². The van der Waals surface area contributed by atoms with Gasteiger partial charge in [-0.1, -0.05) is 0 Å². The van der Waals surface area contributed by atoms with Crippen LogP contribution >= 0.6 is 0 Å². The molecule has 0 aliphatic carbocycles. The van der Waals surface area contributed by atoms with E-state index in [4.69, 9.17) is 4.74 Å². The van der Waals surface area contributed by atoms with Gasteiger partial charge in [-0.05, 0) is 0 Å². The highest BCUT2D eigenvalue weighted by Gasteiger charge is 2.61. The van der Waals surface area contributed by atoms with Gasteiger partial charge in [0.15, 0.2) is 5.41 Å². The molecule has 10 heteroatoms. The highest BCUT2D eigenvalue weighted by molar-refractivity contribution is 6.01. The quantitative estimate of drug-likeness (QED) is 0.485. The molecule has 1 aliphatic rings. The monoisotopic (exact) mass is 328 g/mol. The largest absolute Gasteiger partial charge is 0.468 e. The third-order valence-electron chi connectivity index (χ3n) is 3.79. The summed E-state index contributed by atoms with van der Waals surface area (Å²) in [6.45, 7) is -0.668. The van der Waals surface area contributed by atoms with Crippen LogP contribution in [0.2, 0.25) is 0 Å². The minimum absolute atomic E-state index is 0.288.